The summed E-state index contributed by atoms with van der Waals surface area (Å²) in [6, 6.07) is 6.95. The van der Waals surface area contributed by atoms with Crippen molar-refractivity contribution >= 4 is 40.9 Å². The molecule has 0 saturated carbocycles. The summed E-state index contributed by atoms with van der Waals surface area (Å²) in [6.07, 6.45) is -10.6. The summed E-state index contributed by atoms with van der Waals surface area (Å²) < 4.78 is 95.1. The highest BCUT2D eigenvalue weighted by molar-refractivity contribution is 6.31. The lowest BCUT2D eigenvalue weighted by molar-refractivity contribution is -0.198. The third-order valence-corrected chi connectivity index (χ3v) is 8.77. The van der Waals surface area contributed by atoms with E-state index in [-0.39, 0.29) is 45.9 Å². The molecule has 2 saturated heterocycles. The zero-order chi connectivity index (χ0) is 33.4. The van der Waals surface area contributed by atoms with Crippen LogP contribution in [0.5, 0.6) is 5.88 Å². The Hall–Kier alpha value is -3.49. The number of hydrogen-bond donors (Lipinski definition) is 2. The van der Waals surface area contributed by atoms with Crippen LogP contribution in [0, 0.1) is 5.41 Å². The molecule has 1 aromatic heterocycles. The van der Waals surface area contributed by atoms with Crippen LogP contribution in [0.15, 0.2) is 42.5 Å². The first-order valence-electron chi connectivity index (χ1n) is 14.3. The monoisotopic (exact) mass is 691 g/mol. The van der Waals surface area contributed by atoms with E-state index in [9.17, 15) is 31.1 Å². The van der Waals surface area contributed by atoms with Gasteiger partial charge in [-0.2, -0.15) is 36.3 Å². The molecule has 0 unspecified atom stereocenters. The van der Waals surface area contributed by atoms with Gasteiger partial charge in [-0.1, -0.05) is 35.3 Å². The number of halogens is 8. The maximum atomic E-state index is 14.6. The Morgan fingerprint density at radius 1 is 1.09 bits per heavy atom. The number of aromatic nitrogens is 2. The maximum absolute atomic E-state index is 14.6. The largest absolute Gasteiger partial charge is 0.465 e. The normalized spacial score (nSPS) is 18.9. The minimum Gasteiger partial charge on any atom is -0.465 e. The fourth-order valence-corrected chi connectivity index (χ4v) is 6.31. The van der Waals surface area contributed by atoms with Crippen LogP contribution in [-0.2, 0) is 15.7 Å². The molecule has 0 amide bonds. The highest BCUT2D eigenvalue weighted by Crippen LogP contribution is 2.45. The van der Waals surface area contributed by atoms with Gasteiger partial charge >= 0.3 is 18.3 Å². The molecule has 2 fully saturated rings. The van der Waals surface area contributed by atoms with Crippen LogP contribution in [0.2, 0.25) is 10.0 Å². The van der Waals surface area contributed by atoms with Crippen molar-refractivity contribution in [2.75, 3.05) is 36.9 Å². The van der Waals surface area contributed by atoms with E-state index in [2.05, 4.69) is 15.3 Å². The fraction of sp³-hybridized carbons (Fsp3) is 0.433. The number of nitrogens with zero attached hydrogens (tertiary/aromatic N) is 3. The summed E-state index contributed by atoms with van der Waals surface area (Å²) in [5.74, 6) is -0.868. The molecule has 2 atom stereocenters. The molecule has 8 nitrogen and oxygen atoms in total. The molecule has 0 bridgehead atoms. The lowest BCUT2D eigenvalue weighted by Gasteiger charge is -2.39. The van der Waals surface area contributed by atoms with E-state index in [0.29, 0.717) is 45.0 Å². The smallest absolute Gasteiger partial charge is 0.429 e. The van der Waals surface area contributed by atoms with Gasteiger partial charge in [0.25, 0.3) is 0 Å². The highest BCUT2D eigenvalue weighted by atomic mass is 35.5. The van der Waals surface area contributed by atoms with Crippen molar-refractivity contribution in [1.29, 1.82) is 0 Å². The first-order valence-corrected chi connectivity index (χ1v) is 15.0. The number of ether oxygens (including phenoxy) is 2. The van der Waals surface area contributed by atoms with Crippen molar-refractivity contribution in [2.24, 2.45) is 5.41 Å². The third-order valence-electron chi connectivity index (χ3n) is 8.20. The van der Waals surface area contributed by atoms with E-state index >= 15 is 0 Å². The maximum Gasteiger partial charge on any atom is 0.429 e. The second-order valence-corrected chi connectivity index (χ2v) is 12.1. The van der Waals surface area contributed by atoms with Gasteiger partial charge < -0.3 is 25.4 Å². The molecule has 46 heavy (non-hydrogen) atoms. The number of nitrogens with two attached hydrogens (primary N) is 1. The Labute approximate surface area is 270 Å². The first-order chi connectivity index (χ1) is 21.6. The SMILES string of the molecule is CCOC(=O)[C@@H]1CC2(CCN(c3cc(O[C@H](c4ccc(Cl)cc4-c4ccc(Cl)c(C(F)(F)F)c4)C(F)(F)F)nc(N)n3)CC2)CN1. The lowest BCUT2D eigenvalue weighted by atomic mass is 9.76. The van der Waals surface area contributed by atoms with Gasteiger partial charge in [0.1, 0.15) is 11.9 Å². The average Bonchev–Trinajstić information content (AvgIpc) is 3.39. The van der Waals surface area contributed by atoms with Crippen molar-refractivity contribution in [1.82, 2.24) is 15.3 Å². The van der Waals surface area contributed by atoms with Crippen molar-refractivity contribution < 1.29 is 40.6 Å². The quantitative estimate of drug-likeness (QED) is 0.197. The predicted molar refractivity (Wildman–Crippen MR) is 160 cm³/mol. The Morgan fingerprint density at radius 3 is 2.46 bits per heavy atom. The number of benzene rings is 2. The summed E-state index contributed by atoms with van der Waals surface area (Å²) in [7, 11) is 0. The Kier molecular flexibility index (Phi) is 9.54. The number of piperidine rings is 1. The van der Waals surface area contributed by atoms with Gasteiger partial charge in [-0.3, -0.25) is 4.79 Å². The molecule has 3 N–H and O–H groups in total. The zero-order valence-corrected chi connectivity index (χ0v) is 25.8. The second kappa shape index (κ2) is 13.0. The lowest BCUT2D eigenvalue weighted by Crippen LogP contribution is -2.41. The number of nitrogens with one attached hydrogen (secondary N) is 1. The van der Waals surface area contributed by atoms with E-state index in [1.54, 1.807) is 6.92 Å². The number of carbonyl (C=O) groups excluding carboxylic acids is 1. The van der Waals surface area contributed by atoms with Crippen LogP contribution in [0.3, 0.4) is 0 Å². The molecule has 0 radical (unpaired) electrons. The predicted octanol–water partition coefficient (Wildman–Crippen LogP) is 7.25. The van der Waals surface area contributed by atoms with Crippen molar-refractivity contribution in [3.8, 4) is 17.0 Å². The van der Waals surface area contributed by atoms with Crippen LogP contribution in [0.1, 0.15) is 43.4 Å². The van der Waals surface area contributed by atoms with Crippen LogP contribution >= 0.6 is 23.2 Å². The molecular formula is C30H29Cl2F6N5O3. The van der Waals surface area contributed by atoms with E-state index in [0.717, 1.165) is 18.2 Å². The second-order valence-electron chi connectivity index (χ2n) is 11.3. The molecule has 2 aliphatic rings. The van der Waals surface area contributed by atoms with Gasteiger partial charge in [-0.15, -0.1) is 0 Å². The summed E-state index contributed by atoms with van der Waals surface area (Å²) in [5.41, 5.74) is 3.57. The molecular weight excluding hydrogens is 663 g/mol. The number of anilines is 2. The minimum atomic E-state index is -5.04. The Bertz CT molecular complexity index is 1600. The average molecular weight is 692 g/mol. The number of hydrogen-bond acceptors (Lipinski definition) is 8. The molecule has 0 aliphatic carbocycles. The van der Waals surface area contributed by atoms with Crippen LogP contribution in [-0.4, -0.2) is 54.4 Å². The minimum absolute atomic E-state index is 0.00865. The van der Waals surface area contributed by atoms with Crippen molar-refractivity contribution in [3.63, 3.8) is 0 Å². The number of nitrogen functional groups attached to an aromatic ring is 1. The molecule has 5 rings (SSSR count). The van der Waals surface area contributed by atoms with Gasteiger partial charge in [0.2, 0.25) is 17.9 Å². The molecule has 2 aliphatic heterocycles. The summed E-state index contributed by atoms with van der Waals surface area (Å²) in [5, 5.41) is 2.60. The third kappa shape index (κ3) is 7.39. The number of esters is 1. The summed E-state index contributed by atoms with van der Waals surface area (Å²) >= 11 is 11.8. The number of rotatable bonds is 7. The van der Waals surface area contributed by atoms with Crippen molar-refractivity contribution in [3.05, 3.63) is 63.6 Å². The molecule has 248 valence electrons. The number of carbonyl (C=O) groups is 1. The molecule has 3 aromatic rings. The Morgan fingerprint density at radius 2 is 1.80 bits per heavy atom. The first kappa shape index (κ1) is 33.9. The molecule has 16 heteroatoms. The van der Waals surface area contributed by atoms with E-state index in [4.69, 9.17) is 38.4 Å². The van der Waals surface area contributed by atoms with Gasteiger partial charge in [0, 0.05) is 36.3 Å². The molecule has 1 spiro atoms. The van der Waals surface area contributed by atoms with Gasteiger partial charge in [0.15, 0.2) is 0 Å². The highest BCUT2D eigenvalue weighted by Gasteiger charge is 2.46. The fourth-order valence-electron chi connectivity index (χ4n) is 5.91. The summed E-state index contributed by atoms with van der Waals surface area (Å²) in [6.45, 7) is 3.61. The summed E-state index contributed by atoms with van der Waals surface area (Å²) in [4.78, 5) is 22.1. The van der Waals surface area contributed by atoms with Crippen molar-refractivity contribution in [2.45, 2.75) is 50.7 Å². The van der Waals surface area contributed by atoms with Crippen LogP contribution in [0.25, 0.3) is 11.1 Å². The topological polar surface area (TPSA) is 103 Å². The van der Waals surface area contributed by atoms with E-state index in [1.165, 1.54) is 18.2 Å². The Balaban J connectivity index is 1.41. The van der Waals surface area contributed by atoms with Gasteiger partial charge in [-0.25, -0.2) is 0 Å². The van der Waals surface area contributed by atoms with Gasteiger partial charge in [-0.05, 0) is 67.0 Å². The standard InChI is InChI=1S/C30H29Cl2F6N5O3/c1-2-45-26(44)22-14-28(15-40-22)7-9-43(10-8-28)23-13-24(42-27(39)41-23)46-25(30(36,37)38)18-5-4-17(31)12-19(18)16-3-6-21(32)20(11-16)29(33,34)35/h3-6,11-13,22,25,40H,2,7-10,14-15H2,1H3,(H2,39,41,42)/t22-,25+/m0/s1. The van der Waals surface area contributed by atoms with Gasteiger partial charge in [0.05, 0.1) is 17.2 Å². The van der Waals surface area contributed by atoms with E-state index in [1.807, 2.05) is 4.90 Å². The number of alkyl halides is 6. The van der Waals surface area contributed by atoms with Crippen LogP contribution in [0.4, 0.5) is 38.1 Å². The van der Waals surface area contributed by atoms with E-state index < -0.39 is 46.5 Å². The molecule has 2 aromatic carbocycles. The zero-order valence-electron chi connectivity index (χ0n) is 24.3. The van der Waals surface area contributed by atoms with Crippen LogP contribution < -0.4 is 20.7 Å². The molecule has 3 heterocycles.